The molecule has 0 aromatic heterocycles. The molecule has 0 aliphatic rings. The average molecular weight is 341 g/mol. The Hall–Kier alpha value is -1.84. The number of rotatable bonds is 10. The fourth-order valence-corrected chi connectivity index (χ4v) is 2.91. The summed E-state index contributed by atoms with van der Waals surface area (Å²) in [5.41, 5.74) is 2.57. The van der Waals surface area contributed by atoms with Gasteiger partial charge < -0.3 is 14.5 Å². The summed E-state index contributed by atoms with van der Waals surface area (Å²) in [6.07, 6.45) is 4.35. The second-order valence-electron chi connectivity index (χ2n) is 7.13. The first-order valence-electron chi connectivity index (χ1n) is 9.19. The first-order valence-corrected chi connectivity index (χ1v) is 9.19. The normalized spacial score (nSPS) is 11.3. The Bertz CT molecular complexity index is 582. The van der Waals surface area contributed by atoms with Crippen molar-refractivity contribution < 1.29 is 4.74 Å². The molecule has 0 radical (unpaired) electrons. The lowest BCUT2D eigenvalue weighted by Gasteiger charge is -2.16. The third-order valence-electron chi connectivity index (χ3n) is 4.27. The van der Waals surface area contributed by atoms with Gasteiger partial charge in [-0.2, -0.15) is 0 Å². The summed E-state index contributed by atoms with van der Waals surface area (Å²) < 4.78 is 6.33. The lowest BCUT2D eigenvalue weighted by molar-refractivity contribution is 0.395. The first-order chi connectivity index (χ1) is 12.1. The zero-order valence-corrected chi connectivity index (χ0v) is 16.2. The van der Waals surface area contributed by atoms with E-state index in [1.54, 1.807) is 0 Å². The molecule has 0 aliphatic heterocycles. The van der Waals surface area contributed by atoms with Gasteiger partial charge in [-0.15, -0.1) is 0 Å². The zero-order chi connectivity index (χ0) is 18.1. The standard InChI is InChI=1S/C22H32N2O/c1-23(2)17-9-13-19-11-5-7-15-21(19)25-22-16-8-6-12-20(22)14-10-18-24(3)4/h5-8,11-12,15-16H,9-10,13-14,17-18H2,1-4H3. The molecule has 0 aliphatic carbocycles. The SMILES string of the molecule is CN(C)CCCc1ccccc1Oc1ccccc1CCCN(C)C. The fourth-order valence-electron chi connectivity index (χ4n) is 2.91. The van der Waals surface area contributed by atoms with Crippen LogP contribution in [0.4, 0.5) is 0 Å². The number of hydrogen-bond donors (Lipinski definition) is 0. The molecule has 0 fully saturated rings. The molecule has 3 nitrogen and oxygen atoms in total. The van der Waals surface area contributed by atoms with Crippen LogP contribution in [-0.2, 0) is 12.8 Å². The van der Waals surface area contributed by atoms with Gasteiger partial charge >= 0.3 is 0 Å². The van der Waals surface area contributed by atoms with Crippen molar-refractivity contribution >= 4 is 0 Å². The number of hydrogen-bond acceptors (Lipinski definition) is 3. The number of benzene rings is 2. The molecule has 2 aromatic rings. The van der Waals surface area contributed by atoms with Crippen molar-refractivity contribution in [2.45, 2.75) is 25.7 Å². The van der Waals surface area contributed by atoms with Gasteiger partial charge in [0.05, 0.1) is 0 Å². The number of aryl methyl sites for hydroxylation is 2. The third kappa shape index (κ3) is 6.89. The van der Waals surface area contributed by atoms with Crippen molar-refractivity contribution in [1.82, 2.24) is 9.80 Å². The number of para-hydroxylation sites is 2. The molecule has 0 bridgehead atoms. The van der Waals surface area contributed by atoms with Crippen LogP contribution in [0.25, 0.3) is 0 Å². The minimum Gasteiger partial charge on any atom is -0.457 e. The van der Waals surface area contributed by atoms with E-state index in [0.29, 0.717) is 0 Å². The quantitative estimate of drug-likeness (QED) is 0.635. The Morgan fingerprint density at radius 3 is 1.44 bits per heavy atom. The Labute approximate surface area is 153 Å². The average Bonchev–Trinajstić information content (AvgIpc) is 2.57. The Morgan fingerprint density at radius 1 is 0.640 bits per heavy atom. The van der Waals surface area contributed by atoms with Crippen LogP contribution in [0.2, 0.25) is 0 Å². The molecule has 0 spiro atoms. The molecule has 2 aromatic carbocycles. The van der Waals surface area contributed by atoms with Crippen molar-refractivity contribution in [2.24, 2.45) is 0 Å². The molecular weight excluding hydrogens is 308 g/mol. The van der Waals surface area contributed by atoms with E-state index < -0.39 is 0 Å². The number of nitrogens with zero attached hydrogens (tertiary/aromatic N) is 2. The lowest BCUT2D eigenvalue weighted by atomic mass is 10.1. The summed E-state index contributed by atoms with van der Waals surface area (Å²) in [5, 5.41) is 0. The van der Waals surface area contributed by atoms with Gasteiger partial charge in [-0.1, -0.05) is 36.4 Å². The predicted molar refractivity (Wildman–Crippen MR) is 107 cm³/mol. The van der Waals surface area contributed by atoms with Crippen LogP contribution in [0.15, 0.2) is 48.5 Å². The Balaban J connectivity index is 2.06. The van der Waals surface area contributed by atoms with Gasteiger partial charge in [0.15, 0.2) is 0 Å². The molecule has 3 heteroatoms. The zero-order valence-electron chi connectivity index (χ0n) is 16.2. The highest BCUT2D eigenvalue weighted by molar-refractivity contribution is 5.41. The van der Waals surface area contributed by atoms with Gasteiger partial charge in [0, 0.05) is 0 Å². The van der Waals surface area contributed by atoms with E-state index in [4.69, 9.17) is 4.74 Å². The van der Waals surface area contributed by atoms with Crippen molar-refractivity contribution in [3.8, 4) is 11.5 Å². The second kappa shape index (κ2) is 10.2. The Morgan fingerprint density at radius 2 is 1.04 bits per heavy atom. The summed E-state index contributed by atoms with van der Waals surface area (Å²) in [6, 6.07) is 16.8. The molecule has 136 valence electrons. The molecule has 0 heterocycles. The van der Waals surface area contributed by atoms with Gasteiger partial charge in [-0.3, -0.25) is 0 Å². The summed E-state index contributed by atoms with van der Waals surface area (Å²) in [5.74, 6) is 1.97. The highest BCUT2D eigenvalue weighted by atomic mass is 16.5. The van der Waals surface area contributed by atoms with Gasteiger partial charge in [-0.05, 0) is 90.2 Å². The molecule has 0 atom stereocenters. The minimum atomic E-state index is 0.987. The predicted octanol–water partition coefficient (Wildman–Crippen LogP) is 4.47. The van der Waals surface area contributed by atoms with Crippen LogP contribution >= 0.6 is 0 Å². The van der Waals surface area contributed by atoms with Crippen LogP contribution in [0, 0.1) is 0 Å². The molecule has 0 N–H and O–H groups in total. The van der Waals surface area contributed by atoms with E-state index in [0.717, 1.165) is 50.3 Å². The van der Waals surface area contributed by atoms with Crippen LogP contribution < -0.4 is 4.74 Å². The van der Waals surface area contributed by atoms with E-state index in [9.17, 15) is 0 Å². The lowest BCUT2D eigenvalue weighted by Crippen LogP contribution is -2.13. The monoisotopic (exact) mass is 340 g/mol. The van der Waals surface area contributed by atoms with Gasteiger partial charge in [0.25, 0.3) is 0 Å². The maximum Gasteiger partial charge on any atom is 0.130 e. The van der Waals surface area contributed by atoms with Crippen LogP contribution in [0.3, 0.4) is 0 Å². The van der Waals surface area contributed by atoms with Crippen molar-refractivity contribution in [3.63, 3.8) is 0 Å². The molecule has 0 saturated carbocycles. The topological polar surface area (TPSA) is 15.7 Å². The highest BCUT2D eigenvalue weighted by Gasteiger charge is 2.08. The molecule has 0 unspecified atom stereocenters. The summed E-state index contributed by atoms with van der Waals surface area (Å²) in [7, 11) is 8.47. The van der Waals surface area contributed by atoms with Gasteiger partial charge in [0.2, 0.25) is 0 Å². The van der Waals surface area contributed by atoms with E-state index in [-0.39, 0.29) is 0 Å². The van der Waals surface area contributed by atoms with E-state index in [1.807, 2.05) is 0 Å². The summed E-state index contributed by atoms with van der Waals surface area (Å²) >= 11 is 0. The Kier molecular flexibility index (Phi) is 7.96. The molecule has 0 amide bonds. The van der Waals surface area contributed by atoms with Crippen LogP contribution in [-0.4, -0.2) is 51.1 Å². The van der Waals surface area contributed by atoms with Gasteiger partial charge in [-0.25, -0.2) is 0 Å². The largest absolute Gasteiger partial charge is 0.457 e. The van der Waals surface area contributed by atoms with Crippen LogP contribution in [0.1, 0.15) is 24.0 Å². The second-order valence-corrected chi connectivity index (χ2v) is 7.13. The molecule has 2 rings (SSSR count). The summed E-state index contributed by atoms with van der Waals surface area (Å²) in [4.78, 5) is 4.45. The maximum atomic E-state index is 6.33. The molecule has 0 saturated heterocycles. The smallest absolute Gasteiger partial charge is 0.130 e. The fraction of sp³-hybridized carbons (Fsp3) is 0.455. The minimum absolute atomic E-state index is 0.987. The van der Waals surface area contributed by atoms with E-state index in [2.05, 4.69) is 86.5 Å². The van der Waals surface area contributed by atoms with Gasteiger partial charge in [0.1, 0.15) is 11.5 Å². The van der Waals surface area contributed by atoms with E-state index in [1.165, 1.54) is 11.1 Å². The van der Waals surface area contributed by atoms with Crippen molar-refractivity contribution in [2.75, 3.05) is 41.3 Å². The number of ether oxygens (including phenoxy) is 1. The van der Waals surface area contributed by atoms with Crippen molar-refractivity contribution in [1.29, 1.82) is 0 Å². The van der Waals surface area contributed by atoms with Crippen molar-refractivity contribution in [3.05, 3.63) is 59.7 Å². The first kappa shape index (κ1) is 19.5. The third-order valence-corrected chi connectivity index (χ3v) is 4.27. The summed E-state index contributed by atoms with van der Waals surface area (Å²) in [6.45, 7) is 2.19. The van der Waals surface area contributed by atoms with E-state index >= 15 is 0 Å². The highest BCUT2D eigenvalue weighted by Crippen LogP contribution is 2.29. The molecule has 25 heavy (non-hydrogen) atoms. The van der Waals surface area contributed by atoms with Crippen LogP contribution in [0.5, 0.6) is 11.5 Å². The maximum absolute atomic E-state index is 6.33. The molecular formula is C22H32N2O.